The van der Waals surface area contributed by atoms with Crippen LogP contribution in [-0.4, -0.2) is 39.8 Å². The first-order chi connectivity index (χ1) is 12.5. The molecule has 1 amide bonds. The normalized spacial score (nSPS) is 10.6. The van der Waals surface area contributed by atoms with Gasteiger partial charge in [0.05, 0.1) is 10.7 Å². The maximum absolute atomic E-state index is 12.5. The molecule has 0 radical (unpaired) electrons. The van der Waals surface area contributed by atoms with Crippen molar-refractivity contribution in [3.05, 3.63) is 64.8 Å². The van der Waals surface area contributed by atoms with Gasteiger partial charge in [-0.15, -0.1) is 5.10 Å². The number of para-hydroxylation sites is 1. The zero-order chi connectivity index (χ0) is 18.7. The maximum atomic E-state index is 12.5. The number of hydrogen-bond acceptors (Lipinski definition) is 5. The molecule has 134 valence electrons. The summed E-state index contributed by atoms with van der Waals surface area (Å²) < 4.78 is 1.56. The lowest BCUT2D eigenvalue weighted by molar-refractivity contribution is 0.0940. The lowest BCUT2D eigenvalue weighted by Gasteiger charge is -2.15. The first-order valence-corrected chi connectivity index (χ1v) is 8.43. The molecule has 0 bridgehead atoms. The average Bonchev–Trinajstić information content (AvgIpc) is 3.02. The highest BCUT2D eigenvalue weighted by molar-refractivity contribution is 6.32. The highest BCUT2D eigenvalue weighted by Crippen LogP contribution is 2.20. The first kappa shape index (κ1) is 17.9. The van der Waals surface area contributed by atoms with E-state index in [1.54, 1.807) is 23.9 Å². The van der Waals surface area contributed by atoms with Crippen LogP contribution in [0, 0.1) is 6.92 Å². The molecule has 26 heavy (non-hydrogen) atoms. The molecule has 0 unspecified atom stereocenters. The summed E-state index contributed by atoms with van der Waals surface area (Å²) in [6.45, 7) is 2.11. The van der Waals surface area contributed by atoms with Crippen molar-refractivity contribution in [2.45, 2.75) is 13.5 Å². The van der Waals surface area contributed by atoms with Gasteiger partial charge in [0.2, 0.25) is 5.82 Å². The van der Waals surface area contributed by atoms with Crippen molar-refractivity contribution in [3.8, 4) is 5.69 Å². The Labute approximate surface area is 156 Å². The lowest BCUT2D eigenvalue weighted by atomic mass is 10.2. The summed E-state index contributed by atoms with van der Waals surface area (Å²) in [6, 6.07) is 11.0. The molecule has 3 aromatic rings. The molecule has 8 heteroatoms. The maximum Gasteiger partial charge on any atom is 0.291 e. The summed E-state index contributed by atoms with van der Waals surface area (Å²) in [7, 11) is 3.81. The van der Waals surface area contributed by atoms with Crippen molar-refractivity contribution in [2.24, 2.45) is 0 Å². The van der Waals surface area contributed by atoms with E-state index >= 15 is 0 Å². The van der Waals surface area contributed by atoms with Gasteiger partial charge in [-0.2, -0.15) is 0 Å². The molecule has 0 fully saturated rings. The van der Waals surface area contributed by atoms with E-state index in [-0.39, 0.29) is 11.7 Å². The van der Waals surface area contributed by atoms with E-state index in [0.717, 1.165) is 11.4 Å². The fourth-order valence-corrected chi connectivity index (χ4v) is 2.78. The minimum absolute atomic E-state index is 0.0951. The quantitative estimate of drug-likeness (QED) is 0.747. The van der Waals surface area contributed by atoms with Crippen molar-refractivity contribution in [2.75, 3.05) is 19.0 Å². The van der Waals surface area contributed by atoms with Crippen molar-refractivity contribution in [1.29, 1.82) is 0 Å². The summed E-state index contributed by atoms with van der Waals surface area (Å²) >= 11 is 6.21. The van der Waals surface area contributed by atoms with Gasteiger partial charge in [-0.05, 0) is 25.1 Å². The Morgan fingerprint density at radius 2 is 2.00 bits per heavy atom. The Kier molecular flexibility index (Phi) is 5.18. The minimum atomic E-state index is -0.354. The van der Waals surface area contributed by atoms with Crippen LogP contribution in [0.4, 0.5) is 5.82 Å². The molecule has 0 aliphatic rings. The number of amides is 1. The average molecular weight is 371 g/mol. The van der Waals surface area contributed by atoms with Gasteiger partial charge in [-0.25, -0.2) is 14.6 Å². The molecule has 1 aromatic carbocycles. The smallest absolute Gasteiger partial charge is 0.291 e. The predicted molar refractivity (Wildman–Crippen MR) is 101 cm³/mol. The minimum Gasteiger partial charge on any atom is -0.362 e. The number of carbonyl (C=O) groups is 1. The number of carbonyl (C=O) groups excluding carboxylic acids is 1. The summed E-state index contributed by atoms with van der Waals surface area (Å²) in [4.78, 5) is 22.9. The Bertz CT molecular complexity index is 937. The number of benzene rings is 1. The molecule has 0 atom stereocenters. The summed E-state index contributed by atoms with van der Waals surface area (Å²) in [6.07, 6.45) is 1.72. The van der Waals surface area contributed by atoms with E-state index in [9.17, 15) is 4.79 Å². The van der Waals surface area contributed by atoms with Crippen LogP contribution >= 0.6 is 11.6 Å². The van der Waals surface area contributed by atoms with Crippen LogP contribution in [0.15, 0.2) is 42.6 Å². The summed E-state index contributed by atoms with van der Waals surface area (Å²) in [5, 5.41) is 7.67. The summed E-state index contributed by atoms with van der Waals surface area (Å²) in [5.41, 5.74) is 1.59. The molecule has 0 aliphatic heterocycles. The third-order valence-corrected chi connectivity index (χ3v) is 4.10. The van der Waals surface area contributed by atoms with Gasteiger partial charge in [0.25, 0.3) is 5.91 Å². The number of anilines is 1. The Hall–Kier alpha value is -2.93. The molecular weight excluding hydrogens is 352 g/mol. The standard InChI is InChI=1S/C18H19ClN6O/c1-12-22-16(23-25(12)15-9-5-4-8-14(15)19)18(26)21-11-13-7-6-10-20-17(13)24(2)3/h4-10H,11H2,1-3H3,(H,21,26). The van der Waals surface area contributed by atoms with Crippen molar-refractivity contribution < 1.29 is 4.79 Å². The van der Waals surface area contributed by atoms with Gasteiger partial charge in [0.15, 0.2) is 0 Å². The number of pyridine rings is 1. The lowest BCUT2D eigenvalue weighted by Crippen LogP contribution is -2.25. The third kappa shape index (κ3) is 3.67. The van der Waals surface area contributed by atoms with E-state index in [0.29, 0.717) is 23.1 Å². The second-order valence-corrected chi connectivity index (χ2v) is 6.32. The second-order valence-electron chi connectivity index (χ2n) is 5.91. The highest BCUT2D eigenvalue weighted by Gasteiger charge is 2.17. The fourth-order valence-electron chi connectivity index (χ4n) is 2.56. The van der Waals surface area contributed by atoms with Crippen molar-refractivity contribution >= 4 is 23.3 Å². The van der Waals surface area contributed by atoms with E-state index in [4.69, 9.17) is 11.6 Å². The monoisotopic (exact) mass is 370 g/mol. The molecule has 0 aliphatic carbocycles. The highest BCUT2D eigenvalue weighted by atomic mass is 35.5. The first-order valence-electron chi connectivity index (χ1n) is 8.05. The van der Waals surface area contributed by atoms with Crippen molar-refractivity contribution in [3.63, 3.8) is 0 Å². The van der Waals surface area contributed by atoms with Crippen molar-refractivity contribution in [1.82, 2.24) is 25.1 Å². The number of aryl methyl sites for hydroxylation is 1. The van der Waals surface area contributed by atoms with Gasteiger partial charge >= 0.3 is 0 Å². The molecular formula is C18H19ClN6O. The van der Waals surface area contributed by atoms with E-state index in [1.165, 1.54) is 0 Å². The van der Waals surface area contributed by atoms with Crippen LogP contribution in [0.25, 0.3) is 5.69 Å². The van der Waals surface area contributed by atoms with Crippen LogP contribution in [0.5, 0.6) is 0 Å². The second kappa shape index (κ2) is 7.53. The topological polar surface area (TPSA) is 75.9 Å². The molecule has 3 rings (SSSR count). The SMILES string of the molecule is Cc1nc(C(=O)NCc2cccnc2N(C)C)nn1-c1ccccc1Cl. The molecule has 0 spiro atoms. The fraction of sp³-hybridized carbons (Fsp3) is 0.222. The van der Waals surface area contributed by atoms with Gasteiger partial charge in [-0.3, -0.25) is 4.79 Å². The molecule has 1 N–H and O–H groups in total. The molecule has 0 saturated carbocycles. The summed E-state index contributed by atoms with van der Waals surface area (Å²) in [5.74, 6) is 1.13. The number of hydrogen-bond donors (Lipinski definition) is 1. The van der Waals surface area contributed by atoms with Gasteiger partial charge < -0.3 is 10.2 Å². The van der Waals surface area contributed by atoms with E-state index < -0.39 is 0 Å². The van der Waals surface area contributed by atoms with Crippen LogP contribution in [0.3, 0.4) is 0 Å². The number of halogens is 1. The number of rotatable bonds is 5. The molecule has 2 aromatic heterocycles. The van der Waals surface area contributed by atoms with Crippen LogP contribution in [0.2, 0.25) is 5.02 Å². The van der Waals surface area contributed by atoms with Crippen LogP contribution < -0.4 is 10.2 Å². The Balaban J connectivity index is 1.78. The molecule has 7 nitrogen and oxygen atoms in total. The van der Waals surface area contributed by atoms with Crippen LogP contribution in [0.1, 0.15) is 22.0 Å². The molecule has 0 saturated heterocycles. The number of nitrogens with zero attached hydrogens (tertiary/aromatic N) is 5. The Morgan fingerprint density at radius 3 is 2.73 bits per heavy atom. The third-order valence-electron chi connectivity index (χ3n) is 3.78. The van der Waals surface area contributed by atoms with Gasteiger partial charge in [0.1, 0.15) is 11.6 Å². The molecule has 2 heterocycles. The largest absolute Gasteiger partial charge is 0.362 e. The van der Waals surface area contributed by atoms with Gasteiger partial charge in [-0.1, -0.05) is 29.8 Å². The Morgan fingerprint density at radius 1 is 1.23 bits per heavy atom. The predicted octanol–water partition coefficient (Wildman–Crippen LogP) is 2.62. The van der Waals surface area contributed by atoms with Gasteiger partial charge in [0, 0.05) is 32.4 Å². The number of aromatic nitrogens is 4. The van der Waals surface area contributed by atoms with E-state index in [1.807, 2.05) is 49.3 Å². The number of nitrogens with one attached hydrogen (secondary N) is 1. The zero-order valence-electron chi connectivity index (χ0n) is 14.8. The van der Waals surface area contributed by atoms with E-state index in [2.05, 4.69) is 20.4 Å². The van der Waals surface area contributed by atoms with Crippen LogP contribution in [-0.2, 0) is 6.54 Å². The zero-order valence-corrected chi connectivity index (χ0v) is 15.5.